The third-order valence-corrected chi connectivity index (χ3v) is 2.73. The third-order valence-electron chi connectivity index (χ3n) is 2.73. The van der Waals surface area contributed by atoms with Crippen LogP contribution in [0.25, 0.3) is 0 Å². The first-order chi connectivity index (χ1) is 10.3. The molecule has 0 radical (unpaired) electrons. The maximum absolute atomic E-state index is 11.6. The summed E-state index contributed by atoms with van der Waals surface area (Å²) in [4.78, 5) is 11.6. The van der Waals surface area contributed by atoms with Crippen LogP contribution in [0.3, 0.4) is 0 Å². The number of carbonyl (C=O) groups excluding carboxylic acids is 1. The number of carbonyl (C=O) groups is 1. The lowest BCUT2D eigenvalue weighted by Crippen LogP contribution is -2.45. The Balaban J connectivity index is 1.49. The van der Waals surface area contributed by atoms with Gasteiger partial charge in [0.15, 0.2) is 0 Å². The molecule has 1 aliphatic rings. The second-order valence-corrected chi connectivity index (χ2v) is 4.37. The van der Waals surface area contributed by atoms with Gasteiger partial charge in [-0.05, 0) is 24.3 Å². The van der Waals surface area contributed by atoms with E-state index in [9.17, 15) is 4.79 Å². The third kappa shape index (κ3) is 6.01. The van der Waals surface area contributed by atoms with Crippen molar-refractivity contribution in [2.24, 2.45) is 0 Å². The Hall–Kier alpha value is -2.47. The number of hydrogen-bond donors (Lipinski definition) is 3. The quantitative estimate of drug-likeness (QED) is 0.621. The Bertz CT molecular complexity index is 488. The van der Waals surface area contributed by atoms with Gasteiger partial charge in [0.05, 0.1) is 13.0 Å². The van der Waals surface area contributed by atoms with Crippen LogP contribution < -0.4 is 20.9 Å². The number of rotatable bonds is 8. The van der Waals surface area contributed by atoms with Crippen LogP contribution in [-0.2, 0) is 4.79 Å². The number of hydrogen-bond acceptors (Lipinski definition) is 5. The van der Waals surface area contributed by atoms with Gasteiger partial charge in [-0.1, -0.05) is 18.2 Å². The molecule has 1 aromatic rings. The molecule has 1 heterocycles. The van der Waals surface area contributed by atoms with E-state index in [0.717, 1.165) is 5.75 Å². The van der Waals surface area contributed by atoms with E-state index in [0.29, 0.717) is 26.1 Å². The molecular formula is C15H20N4O2. The van der Waals surface area contributed by atoms with Crippen molar-refractivity contribution < 1.29 is 9.53 Å². The van der Waals surface area contributed by atoms with E-state index in [1.165, 1.54) is 0 Å². The molecule has 21 heavy (non-hydrogen) atoms. The molecular weight excluding hydrogens is 268 g/mol. The summed E-state index contributed by atoms with van der Waals surface area (Å²) in [7, 11) is 0. The number of nitrogens with one attached hydrogen (secondary N) is 3. The van der Waals surface area contributed by atoms with Crippen LogP contribution in [-0.4, -0.2) is 30.7 Å². The standard InChI is InChI=1S/C15H20N4O2/c20-15(8-13-21-14-6-2-1-3-7-14)16-10-11-18-19-12-5-4-9-17-19/h1-7,9,12,17-18H,8,10-11,13H2,(H,16,20). The van der Waals surface area contributed by atoms with Gasteiger partial charge in [0.2, 0.25) is 5.91 Å². The Morgan fingerprint density at radius 2 is 2.05 bits per heavy atom. The van der Waals surface area contributed by atoms with Crippen LogP contribution in [0.1, 0.15) is 6.42 Å². The summed E-state index contributed by atoms with van der Waals surface area (Å²) in [5.74, 6) is 0.762. The van der Waals surface area contributed by atoms with Crippen molar-refractivity contribution >= 4 is 5.91 Å². The first-order valence-electron chi connectivity index (χ1n) is 6.91. The van der Waals surface area contributed by atoms with E-state index in [1.807, 2.05) is 54.9 Å². The van der Waals surface area contributed by atoms with Crippen LogP contribution in [0.5, 0.6) is 5.75 Å². The van der Waals surface area contributed by atoms with Crippen molar-refractivity contribution in [3.8, 4) is 5.75 Å². The van der Waals surface area contributed by atoms with Crippen LogP contribution in [0, 0.1) is 0 Å². The maximum atomic E-state index is 11.6. The van der Waals surface area contributed by atoms with Gasteiger partial charge in [0.25, 0.3) is 0 Å². The average molecular weight is 288 g/mol. The topological polar surface area (TPSA) is 65.6 Å². The van der Waals surface area contributed by atoms with Crippen molar-refractivity contribution in [2.75, 3.05) is 19.7 Å². The number of nitrogens with zero attached hydrogens (tertiary/aromatic N) is 1. The van der Waals surface area contributed by atoms with Gasteiger partial charge in [-0.2, -0.15) is 0 Å². The van der Waals surface area contributed by atoms with Gasteiger partial charge in [0, 0.05) is 25.5 Å². The monoisotopic (exact) mass is 288 g/mol. The van der Waals surface area contributed by atoms with E-state index < -0.39 is 0 Å². The normalized spacial score (nSPS) is 12.9. The molecule has 0 saturated carbocycles. The lowest BCUT2D eigenvalue weighted by atomic mass is 10.3. The second-order valence-electron chi connectivity index (χ2n) is 4.37. The molecule has 0 aromatic heterocycles. The molecule has 0 fully saturated rings. The SMILES string of the molecule is O=C(CCOc1ccccc1)NCCNN1C=CC=CN1. The van der Waals surface area contributed by atoms with Crippen molar-refractivity contribution in [1.82, 2.24) is 21.3 Å². The van der Waals surface area contributed by atoms with Crippen LogP contribution in [0.4, 0.5) is 0 Å². The van der Waals surface area contributed by atoms with Crippen molar-refractivity contribution in [1.29, 1.82) is 0 Å². The van der Waals surface area contributed by atoms with E-state index in [-0.39, 0.29) is 5.91 Å². The first kappa shape index (κ1) is 14.9. The van der Waals surface area contributed by atoms with Crippen LogP contribution in [0.2, 0.25) is 0 Å². The number of amides is 1. The number of hydrazine groups is 2. The highest BCUT2D eigenvalue weighted by atomic mass is 16.5. The number of allylic oxidation sites excluding steroid dienone is 2. The number of ether oxygens (including phenoxy) is 1. The van der Waals surface area contributed by atoms with Gasteiger partial charge in [-0.3, -0.25) is 10.2 Å². The highest BCUT2D eigenvalue weighted by molar-refractivity contribution is 5.75. The lowest BCUT2D eigenvalue weighted by molar-refractivity contribution is -0.121. The highest BCUT2D eigenvalue weighted by Crippen LogP contribution is 2.08. The van der Waals surface area contributed by atoms with Crippen molar-refractivity contribution in [3.05, 3.63) is 54.9 Å². The minimum absolute atomic E-state index is 0.0187. The molecule has 6 nitrogen and oxygen atoms in total. The van der Waals surface area contributed by atoms with E-state index in [4.69, 9.17) is 4.74 Å². The number of benzene rings is 1. The summed E-state index contributed by atoms with van der Waals surface area (Å²) in [6.45, 7) is 1.57. The molecule has 0 unspecified atom stereocenters. The van der Waals surface area contributed by atoms with Crippen molar-refractivity contribution in [3.63, 3.8) is 0 Å². The van der Waals surface area contributed by atoms with Crippen LogP contribution in [0.15, 0.2) is 54.9 Å². The van der Waals surface area contributed by atoms with Crippen LogP contribution >= 0.6 is 0 Å². The molecule has 1 aromatic carbocycles. The molecule has 3 N–H and O–H groups in total. The van der Waals surface area contributed by atoms with E-state index >= 15 is 0 Å². The molecule has 112 valence electrons. The molecule has 0 atom stereocenters. The zero-order chi connectivity index (χ0) is 14.8. The predicted molar refractivity (Wildman–Crippen MR) is 80.8 cm³/mol. The zero-order valence-electron chi connectivity index (χ0n) is 11.8. The van der Waals surface area contributed by atoms with Gasteiger partial charge in [0.1, 0.15) is 5.75 Å². The zero-order valence-corrected chi connectivity index (χ0v) is 11.8. The minimum Gasteiger partial charge on any atom is -0.493 e. The van der Waals surface area contributed by atoms with Crippen molar-refractivity contribution in [2.45, 2.75) is 6.42 Å². The first-order valence-corrected chi connectivity index (χ1v) is 6.91. The molecule has 0 aliphatic carbocycles. The van der Waals surface area contributed by atoms with E-state index in [1.54, 1.807) is 5.12 Å². The second kappa shape index (κ2) is 8.65. The highest BCUT2D eigenvalue weighted by Gasteiger charge is 2.02. The molecule has 1 aliphatic heterocycles. The Morgan fingerprint density at radius 3 is 2.81 bits per heavy atom. The molecule has 2 rings (SSSR count). The van der Waals surface area contributed by atoms with Gasteiger partial charge < -0.3 is 10.1 Å². The summed E-state index contributed by atoms with van der Waals surface area (Å²) in [5, 5.41) is 4.56. The van der Waals surface area contributed by atoms with Gasteiger partial charge in [-0.25, -0.2) is 10.5 Å². The summed E-state index contributed by atoms with van der Waals surface area (Å²) in [6.07, 6.45) is 7.82. The van der Waals surface area contributed by atoms with Gasteiger partial charge >= 0.3 is 0 Å². The Labute approximate surface area is 124 Å². The Morgan fingerprint density at radius 1 is 1.19 bits per heavy atom. The summed E-state index contributed by atoms with van der Waals surface area (Å²) < 4.78 is 5.47. The summed E-state index contributed by atoms with van der Waals surface area (Å²) in [6, 6.07) is 9.47. The maximum Gasteiger partial charge on any atom is 0.223 e. The Kier molecular flexibility index (Phi) is 6.15. The van der Waals surface area contributed by atoms with Gasteiger partial charge in [-0.15, -0.1) is 0 Å². The largest absolute Gasteiger partial charge is 0.493 e. The lowest BCUT2D eigenvalue weighted by Gasteiger charge is -2.22. The fourth-order valence-corrected chi connectivity index (χ4v) is 1.70. The molecule has 0 saturated heterocycles. The van der Waals surface area contributed by atoms with E-state index in [2.05, 4.69) is 16.2 Å². The minimum atomic E-state index is -0.0187. The molecule has 0 bridgehead atoms. The molecule has 6 heteroatoms. The summed E-state index contributed by atoms with van der Waals surface area (Å²) in [5.41, 5.74) is 6.08. The smallest absolute Gasteiger partial charge is 0.223 e. The fraction of sp³-hybridized carbons (Fsp3) is 0.267. The molecule has 0 spiro atoms. The number of para-hydroxylation sites is 1. The fourth-order valence-electron chi connectivity index (χ4n) is 1.70. The molecule has 1 amide bonds. The predicted octanol–water partition coefficient (Wildman–Crippen LogP) is 0.924. The summed E-state index contributed by atoms with van der Waals surface area (Å²) >= 11 is 0. The average Bonchev–Trinajstić information content (AvgIpc) is 2.54.